The second kappa shape index (κ2) is 7.10. The minimum absolute atomic E-state index is 0.158. The van der Waals surface area contributed by atoms with Crippen molar-refractivity contribution in [2.75, 3.05) is 33.5 Å². The SMILES string of the molecule is CON(CC1CCOCC1)C(=O)C1=Cc2cc(F)ccc2OC1. The molecule has 0 radical (unpaired) electrons. The van der Waals surface area contributed by atoms with Gasteiger partial charge in [-0.25, -0.2) is 9.45 Å². The Hall–Kier alpha value is -1.92. The number of halogens is 1. The maximum atomic E-state index is 13.3. The van der Waals surface area contributed by atoms with E-state index in [1.54, 1.807) is 12.1 Å². The molecule has 5 nitrogen and oxygen atoms in total. The fourth-order valence-electron chi connectivity index (χ4n) is 2.84. The van der Waals surface area contributed by atoms with Gasteiger partial charge in [-0.05, 0) is 43.0 Å². The van der Waals surface area contributed by atoms with Gasteiger partial charge in [0.1, 0.15) is 18.2 Å². The summed E-state index contributed by atoms with van der Waals surface area (Å²) in [7, 11) is 1.48. The fraction of sp³-hybridized carbons (Fsp3) is 0.471. The molecule has 124 valence electrons. The average Bonchev–Trinajstić information content (AvgIpc) is 2.59. The van der Waals surface area contributed by atoms with E-state index in [1.807, 2.05) is 0 Å². The summed E-state index contributed by atoms with van der Waals surface area (Å²) >= 11 is 0. The maximum Gasteiger partial charge on any atom is 0.276 e. The Labute approximate surface area is 134 Å². The van der Waals surface area contributed by atoms with Crippen molar-refractivity contribution in [1.29, 1.82) is 0 Å². The van der Waals surface area contributed by atoms with E-state index in [2.05, 4.69) is 0 Å². The Morgan fingerprint density at radius 2 is 2.17 bits per heavy atom. The third kappa shape index (κ3) is 3.71. The average molecular weight is 321 g/mol. The molecule has 0 saturated carbocycles. The lowest BCUT2D eigenvalue weighted by atomic mass is 10.00. The highest BCUT2D eigenvalue weighted by Crippen LogP contribution is 2.28. The van der Waals surface area contributed by atoms with Gasteiger partial charge in [-0.15, -0.1) is 0 Å². The van der Waals surface area contributed by atoms with E-state index >= 15 is 0 Å². The van der Waals surface area contributed by atoms with Gasteiger partial charge in [0.2, 0.25) is 0 Å². The molecule has 3 rings (SSSR count). The zero-order chi connectivity index (χ0) is 16.2. The van der Waals surface area contributed by atoms with Gasteiger partial charge in [-0.3, -0.25) is 9.63 Å². The van der Waals surface area contributed by atoms with Crippen molar-refractivity contribution in [3.63, 3.8) is 0 Å². The third-order valence-electron chi connectivity index (χ3n) is 4.17. The number of rotatable bonds is 4. The Kier molecular flexibility index (Phi) is 4.93. The zero-order valence-corrected chi connectivity index (χ0v) is 13.1. The van der Waals surface area contributed by atoms with Crippen LogP contribution in [0.3, 0.4) is 0 Å². The molecular weight excluding hydrogens is 301 g/mol. The lowest BCUT2D eigenvalue weighted by molar-refractivity contribution is -0.176. The molecule has 0 aliphatic carbocycles. The third-order valence-corrected chi connectivity index (χ3v) is 4.17. The van der Waals surface area contributed by atoms with Crippen LogP contribution in [0.5, 0.6) is 5.75 Å². The van der Waals surface area contributed by atoms with Crippen molar-refractivity contribution in [2.24, 2.45) is 5.92 Å². The molecule has 2 aliphatic heterocycles. The molecule has 1 aromatic carbocycles. The molecule has 2 aliphatic rings. The molecule has 0 aromatic heterocycles. The molecule has 1 amide bonds. The number of benzene rings is 1. The highest BCUT2D eigenvalue weighted by molar-refractivity contribution is 5.98. The van der Waals surface area contributed by atoms with Crippen LogP contribution in [0.4, 0.5) is 4.39 Å². The van der Waals surface area contributed by atoms with Crippen molar-refractivity contribution in [1.82, 2.24) is 5.06 Å². The van der Waals surface area contributed by atoms with Crippen LogP contribution >= 0.6 is 0 Å². The molecule has 0 unspecified atom stereocenters. The lowest BCUT2D eigenvalue weighted by Crippen LogP contribution is -2.38. The second-order valence-electron chi connectivity index (χ2n) is 5.74. The Morgan fingerprint density at radius 1 is 1.39 bits per heavy atom. The van der Waals surface area contributed by atoms with Gasteiger partial charge in [0.15, 0.2) is 0 Å². The molecule has 23 heavy (non-hydrogen) atoms. The Morgan fingerprint density at radius 3 is 2.91 bits per heavy atom. The number of carbonyl (C=O) groups is 1. The molecule has 0 N–H and O–H groups in total. The van der Waals surface area contributed by atoms with Gasteiger partial charge < -0.3 is 9.47 Å². The Balaban J connectivity index is 1.73. The number of carbonyl (C=O) groups excluding carboxylic acids is 1. The van der Waals surface area contributed by atoms with Crippen LogP contribution in [0.2, 0.25) is 0 Å². The van der Waals surface area contributed by atoms with Gasteiger partial charge >= 0.3 is 0 Å². The van der Waals surface area contributed by atoms with E-state index < -0.39 is 0 Å². The summed E-state index contributed by atoms with van der Waals surface area (Å²) in [4.78, 5) is 17.9. The summed E-state index contributed by atoms with van der Waals surface area (Å²) < 4.78 is 24.2. The number of nitrogens with zero attached hydrogens (tertiary/aromatic N) is 1. The smallest absolute Gasteiger partial charge is 0.276 e. The predicted octanol–water partition coefficient (Wildman–Crippen LogP) is 2.42. The highest BCUT2D eigenvalue weighted by atomic mass is 19.1. The fourth-order valence-corrected chi connectivity index (χ4v) is 2.84. The highest BCUT2D eigenvalue weighted by Gasteiger charge is 2.26. The summed E-state index contributed by atoms with van der Waals surface area (Å²) in [6.45, 7) is 2.11. The number of fused-ring (bicyclic) bond motifs is 1. The van der Waals surface area contributed by atoms with E-state index in [0.717, 1.165) is 26.1 Å². The van der Waals surface area contributed by atoms with E-state index in [4.69, 9.17) is 14.3 Å². The summed E-state index contributed by atoms with van der Waals surface area (Å²) in [6.07, 6.45) is 3.49. The van der Waals surface area contributed by atoms with E-state index in [1.165, 1.54) is 24.3 Å². The number of hydroxylamine groups is 2. The van der Waals surface area contributed by atoms with Gasteiger partial charge in [0.25, 0.3) is 5.91 Å². The number of hydrogen-bond donors (Lipinski definition) is 0. The standard InChI is InChI=1S/C17H20FNO4/c1-21-19(10-12-4-6-22-7-5-12)17(20)14-8-13-9-15(18)2-3-16(13)23-11-14/h2-3,8-9,12H,4-7,10-11H2,1H3. The van der Waals surface area contributed by atoms with Crippen LogP contribution in [-0.4, -0.2) is 44.4 Å². The minimum atomic E-state index is -0.358. The van der Waals surface area contributed by atoms with Gasteiger partial charge in [0, 0.05) is 18.8 Å². The zero-order valence-electron chi connectivity index (χ0n) is 13.1. The largest absolute Gasteiger partial charge is 0.488 e. The van der Waals surface area contributed by atoms with E-state index in [0.29, 0.717) is 29.3 Å². The van der Waals surface area contributed by atoms with Crippen LogP contribution < -0.4 is 4.74 Å². The minimum Gasteiger partial charge on any atom is -0.488 e. The first kappa shape index (κ1) is 16.0. The quantitative estimate of drug-likeness (QED) is 0.799. The van der Waals surface area contributed by atoms with Crippen molar-refractivity contribution in [3.8, 4) is 5.75 Å². The molecule has 2 heterocycles. The lowest BCUT2D eigenvalue weighted by Gasteiger charge is -2.29. The number of hydrogen-bond acceptors (Lipinski definition) is 4. The first-order valence-corrected chi connectivity index (χ1v) is 7.74. The topological polar surface area (TPSA) is 48.0 Å². The van der Waals surface area contributed by atoms with E-state index in [9.17, 15) is 9.18 Å². The monoisotopic (exact) mass is 321 g/mol. The van der Waals surface area contributed by atoms with Crippen LogP contribution in [-0.2, 0) is 14.4 Å². The molecule has 0 bridgehead atoms. The van der Waals surface area contributed by atoms with Crippen LogP contribution in [0.1, 0.15) is 18.4 Å². The molecular formula is C17H20FNO4. The van der Waals surface area contributed by atoms with Gasteiger partial charge in [-0.1, -0.05) is 0 Å². The first-order valence-electron chi connectivity index (χ1n) is 7.74. The molecule has 0 atom stereocenters. The number of ether oxygens (including phenoxy) is 2. The molecule has 1 aromatic rings. The summed E-state index contributed by atoms with van der Waals surface area (Å²) in [5.41, 5.74) is 1.03. The van der Waals surface area contributed by atoms with Crippen LogP contribution in [0, 0.1) is 11.7 Å². The first-order chi connectivity index (χ1) is 11.2. The Bertz CT molecular complexity index is 611. The van der Waals surface area contributed by atoms with Crippen molar-refractivity contribution < 1.29 is 23.5 Å². The summed E-state index contributed by atoms with van der Waals surface area (Å²) in [6, 6.07) is 4.27. The second-order valence-corrected chi connectivity index (χ2v) is 5.74. The van der Waals surface area contributed by atoms with Crippen molar-refractivity contribution >= 4 is 12.0 Å². The van der Waals surface area contributed by atoms with Gasteiger partial charge in [-0.2, -0.15) is 0 Å². The van der Waals surface area contributed by atoms with Crippen molar-refractivity contribution in [2.45, 2.75) is 12.8 Å². The maximum absolute atomic E-state index is 13.3. The normalized spacial score (nSPS) is 17.9. The summed E-state index contributed by atoms with van der Waals surface area (Å²) in [5.74, 6) is 0.343. The molecule has 0 spiro atoms. The van der Waals surface area contributed by atoms with Gasteiger partial charge in [0.05, 0.1) is 19.2 Å². The van der Waals surface area contributed by atoms with Crippen LogP contribution in [0.25, 0.3) is 6.08 Å². The molecule has 6 heteroatoms. The number of amides is 1. The van der Waals surface area contributed by atoms with Crippen molar-refractivity contribution in [3.05, 3.63) is 35.2 Å². The molecule has 1 saturated heterocycles. The predicted molar refractivity (Wildman–Crippen MR) is 82.1 cm³/mol. The van der Waals surface area contributed by atoms with E-state index in [-0.39, 0.29) is 18.3 Å². The van der Waals surface area contributed by atoms with Crippen LogP contribution in [0.15, 0.2) is 23.8 Å². The summed E-state index contributed by atoms with van der Waals surface area (Å²) in [5, 5.41) is 1.36. The molecule has 1 fully saturated rings.